The Bertz CT molecular complexity index is 377. The Morgan fingerprint density at radius 1 is 1.27 bits per heavy atom. The van der Waals surface area contributed by atoms with Crippen LogP contribution in [0.15, 0.2) is 23.1 Å². The first-order valence-electron chi connectivity index (χ1n) is 5.69. The van der Waals surface area contributed by atoms with Gasteiger partial charge in [0.1, 0.15) is 0 Å². The molecule has 1 heterocycles. The third-order valence-corrected chi connectivity index (χ3v) is 3.06. The molecule has 0 unspecified atom stereocenters. The van der Waals surface area contributed by atoms with Gasteiger partial charge in [0.05, 0.1) is 5.69 Å². The highest BCUT2D eigenvalue weighted by atomic mass is 16.1. The second kappa shape index (κ2) is 4.51. The Morgan fingerprint density at radius 3 is 2.67 bits per heavy atom. The maximum absolute atomic E-state index is 11.2. The lowest BCUT2D eigenvalue weighted by Gasteiger charge is -2.23. The van der Waals surface area contributed by atoms with Gasteiger partial charge >= 0.3 is 0 Å². The minimum Gasteiger partial charge on any atom is -0.381 e. The maximum Gasteiger partial charge on any atom is 0.250 e. The van der Waals surface area contributed by atoms with Crippen LogP contribution in [0, 0.1) is 0 Å². The number of anilines is 1. The average Bonchev–Trinajstić information content (AvgIpc) is 2.25. The fourth-order valence-electron chi connectivity index (χ4n) is 2.16. The van der Waals surface area contributed by atoms with E-state index in [-0.39, 0.29) is 5.56 Å². The predicted molar refractivity (Wildman–Crippen MR) is 62.2 cm³/mol. The van der Waals surface area contributed by atoms with E-state index >= 15 is 0 Å². The van der Waals surface area contributed by atoms with Gasteiger partial charge in [0.25, 0.3) is 0 Å². The Hall–Kier alpha value is -1.25. The molecule has 3 nitrogen and oxygen atoms in total. The number of aryl methyl sites for hydroxylation is 1. The van der Waals surface area contributed by atoms with Crippen LogP contribution in [-0.2, 0) is 7.05 Å². The minimum absolute atomic E-state index is 0.0456. The summed E-state index contributed by atoms with van der Waals surface area (Å²) in [5.41, 5.74) is 1.10. The number of rotatable bonds is 2. The van der Waals surface area contributed by atoms with Crippen LogP contribution in [0.2, 0.25) is 0 Å². The molecule has 0 amide bonds. The first kappa shape index (κ1) is 10.3. The van der Waals surface area contributed by atoms with Gasteiger partial charge in [-0.2, -0.15) is 0 Å². The molecular formula is C12H18N2O. The summed E-state index contributed by atoms with van der Waals surface area (Å²) in [6.45, 7) is 0. The van der Waals surface area contributed by atoms with E-state index in [1.807, 2.05) is 12.3 Å². The number of hydrogen-bond acceptors (Lipinski definition) is 2. The Kier molecular flexibility index (Phi) is 3.09. The summed E-state index contributed by atoms with van der Waals surface area (Å²) >= 11 is 0. The summed E-state index contributed by atoms with van der Waals surface area (Å²) in [6.07, 6.45) is 8.39. The molecule has 1 fully saturated rings. The van der Waals surface area contributed by atoms with Crippen molar-refractivity contribution in [3.63, 3.8) is 0 Å². The van der Waals surface area contributed by atoms with Crippen molar-refractivity contribution in [1.29, 1.82) is 0 Å². The number of pyridine rings is 1. The molecule has 15 heavy (non-hydrogen) atoms. The summed E-state index contributed by atoms with van der Waals surface area (Å²) in [4.78, 5) is 11.2. The zero-order chi connectivity index (χ0) is 10.7. The van der Waals surface area contributed by atoms with Gasteiger partial charge in [-0.3, -0.25) is 4.79 Å². The largest absolute Gasteiger partial charge is 0.381 e. The van der Waals surface area contributed by atoms with Crippen molar-refractivity contribution in [3.05, 3.63) is 28.7 Å². The first-order chi connectivity index (χ1) is 7.25. The van der Waals surface area contributed by atoms with E-state index < -0.39 is 0 Å². The number of hydrogen-bond donors (Lipinski definition) is 1. The topological polar surface area (TPSA) is 34.0 Å². The normalized spacial score (nSPS) is 17.7. The predicted octanol–water partition coefficient (Wildman–Crippen LogP) is 2.13. The molecule has 0 spiro atoms. The lowest BCUT2D eigenvalue weighted by atomic mass is 9.95. The molecule has 1 N–H and O–H groups in total. The van der Waals surface area contributed by atoms with Crippen molar-refractivity contribution in [3.8, 4) is 0 Å². The van der Waals surface area contributed by atoms with Crippen molar-refractivity contribution in [2.24, 2.45) is 7.05 Å². The minimum atomic E-state index is 0.0456. The van der Waals surface area contributed by atoms with Gasteiger partial charge in [0.2, 0.25) is 5.56 Å². The highest BCUT2D eigenvalue weighted by Crippen LogP contribution is 2.20. The molecule has 0 atom stereocenters. The van der Waals surface area contributed by atoms with Crippen LogP contribution in [-0.4, -0.2) is 10.6 Å². The van der Waals surface area contributed by atoms with E-state index in [9.17, 15) is 4.79 Å². The molecule has 82 valence electrons. The molecule has 0 aliphatic heterocycles. The van der Waals surface area contributed by atoms with E-state index in [0.29, 0.717) is 6.04 Å². The van der Waals surface area contributed by atoms with Gasteiger partial charge in [-0.05, 0) is 18.9 Å². The Morgan fingerprint density at radius 2 is 2.00 bits per heavy atom. The van der Waals surface area contributed by atoms with E-state index in [1.54, 1.807) is 17.7 Å². The Balaban J connectivity index is 2.03. The number of aromatic nitrogens is 1. The van der Waals surface area contributed by atoms with Gasteiger partial charge in [-0.15, -0.1) is 0 Å². The highest BCUT2D eigenvalue weighted by molar-refractivity contribution is 5.41. The van der Waals surface area contributed by atoms with Crippen LogP contribution in [0.3, 0.4) is 0 Å². The zero-order valence-electron chi connectivity index (χ0n) is 9.20. The van der Waals surface area contributed by atoms with Gasteiger partial charge in [-0.1, -0.05) is 19.3 Å². The number of nitrogens with zero attached hydrogens (tertiary/aromatic N) is 1. The molecule has 1 aromatic rings. The fraction of sp³-hybridized carbons (Fsp3) is 0.583. The summed E-state index contributed by atoms with van der Waals surface area (Å²) in [5, 5.41) is 3.49. The van der Waals surface area contributed by atoms with Crippen molar-refractivity contribution in [2.75, 3.05) is 5.32 Å². The molecular weight excluding hydrogens is 188 g/mol. The van der Waals surface area contributed by atoms with E-state index in [1.165, 1.54) is 32.1 Å². The lowest BCUT2D eigenvalue weighted by Crippen LogP contribution is -2.23. The molecule has 1 saturated carbocycles. The third kappa shape index (κ3) is 2.61. The molecule has 0 radical (unpaired) electrons. The second-order valence-electron chi connectivity index (χ2n) is 4.35. The van der Waals surface area contributed by atoms with Crippen LogP contribution < -0.4 is 10.9 Å². The smallest absolute Gasteiger partial charge is 0.250 e. The molecule has 0 bridgehead atoms. The first-order valence-corrected chi connectivity index (χ1v) is 5.69. The monoisotopic (exact) mass is 206 g/mol. The van der Waals surface area contributed by atoms with Crippen molar-refractivity contribution < 1.29 is 0 Å². The summed E-state index contributed by atoms with van der Waals surface area (Å²) in [5.74, 6) is 0. The Labute approximate surface area is 90.1 Å². The average molecular weight is 206 g/mol. The van der Waals surface area contributed by atoms with Crippen molar-refractivity contribution in [2.45, 2.75) is 38.1 Å². The van der Waals surface area contributed by atoms with Crippen molar-refractivity contribution in [1.82, 2.24) is 4.57 Å². The molecule has 3 heteroatoms. The van der Waals surface area contributed by atoms with Crippen LogP contribution in [0.4, 0.5) is 5.69 Å². The van der Waals surface area contributed by atoms with Crippen LogP contribution in [0.5, 0.6) is 0 Å². The van der Waals surface area contributed by atoms with Crippen LogP contribution in [0.1, 0.15) is 32.1 Å². The van der Waals surface area contributed by atoms with Gasteiger partial charge < -0.3 is 9.88 Å². The molecule has 1 aliphatic rings. The van der Waals surface area contributed by atoms with E-state index in [2.05, 4.69) is 5.32 Å². The van der Waals surface area contributed by atoms with E-state index in [4.69, 9.17) is 0 Å². The zero-order valence-corrected chi connectivity index (χ0v) is 9.20. The van der Waals surface area contributed by atoms with E-state index in [0.717, 1.165) is 5.69 Å². The SMILES string of the molecule is Cn1cc(NC2CCCCC2)ccc1=O. The van der Waals surface area contributed by atoms with Gasteiger partial charge in [0.15, 0.2) is 0 Å². The molecule has 1 aromatic heterocycles. The fourth-order valence-corrected chi connectivity index (χ4v) is 2.16. The summed E-state index contributed by atoms with van der Waals surface area (Å²) in [6, 6.07) is 4.08. The molecule has 0 aromatic carbocycles. The lowest BCUT2D eigenvalue weighted by molar-refractivity contribution is 0.462. The van der Waals surface area contributed by atoms with Gasteiger partial charge in [0, 0.05) is 25.4 Å². The highest BCUT2D eigenvalue weighted by Gasteiger charge is 2.12. The molecule has 1 aliphatic carbocycles. The molecule has 0 saturated heterocycles. The third-order valence-electron chi connectivity index (χ3n) is 3.06. The van der Waals surface area contributed by atoms with Gasteiger partial charge in [-0.25, -0.2) is 0 Å². The summed E-state index contributed by atoms with van der Waals surface area (Å²) < 4.78 is 1.62. The van der Waals surface area contributed by atoms with Crippen LogP contribution >= 0.6 is 0 Å². The standard InChI is InChI=1S/C12H18N2O/c1-14-9-11(7-8-12(14)15)13-10-5-3-2-4-6-10/h7-10,13H,2-6H2,1H3. The quantitative estimate of drug-likeness (QED) is 0.804. The maximum atomic E-state index is 11.2. The van der Waals surface area contributed by atoms with Crippen molar-refractivity contribution >= 4 is 5.69 Å². The second-order valence-corrected chi connectivity index (χ2v) is 4.35. The number of nitrogens with one attached hydrogen (secondary N) is 1. The summed E-state index contributed by atoms with van der Waals surface area (Å²) in [7, 11) is 1.79. The molecule has 2 rings (SSSR count). The van der Waals surface area contributed by atoms with Crippen LogP contribution in [0.25, 0.3) is 0 Å².